The number of halogens is 3. The molecular weight excluding hydrogens is 561 g/mol. The second kappa shape index (κ2) is 11.4. The van der Waals surface area contributed by atoms with Gasteiger partial charge in [-0.1, -0.05) is 11.6 Å². The molecular formula is C24H20ClF2N4O7P. The Hall–Kier alpha value is -3.97. The van der Waals surface area contributed by atoms with Gasteiger partial charge in [-0.3, -0.25) is 0 Å². The molecule has 0 radical (unpaired) electrons. The van der Waals surface area contributed by atoms with Crippen LogP contribution in [0.25, 0.3) is 11.1 Å². The SMILES string of the molecule is Nc1nccc(Oc2ccc(NC(=O)c3cn(CO[PH](O)(O)O)cc(-c4ccc(F)cc4)c3=O)cc2F)c1Cl. The number of nitrogens with zero attached hydrogens (tertiary/aromatic N) is 2. The number of carbonyl (C=O) groups is 1. The van der Waals surface area contributed by atoms with Crippen LogP contribution in [-0.2, 0) is 11.3 Å². The summed E-state index contributed by atoms with van der Waals surface area (Å²) in [5.41, 5.74) is 4.56. The maximum absolute atomic E-state index is 14.7. The number of nitrogen functional groups attached to an aromatic ring is 1. The van der Waals surface area contributed by atoms with Gasteiger partial charge in [0.15, 0.2) is 5.75 Å². The van der Waals surface area contributed by atoms with Gasteiger partial charge in [0, 0.05) is 12.3 Å². The molecule has 2 heterocycles. The number of ether oxygens (including phenoxy) is 1. The number of benzene rings is 2. The average molecular weight is 581 g/mol. The van der Waals surface area contributed by atoms with Crippen LogP contribution in [0, 0.1) is 11.6 Å². The number of hydrogen-bond acceptors (Lipinski definition) is 9. The van der Waals surface area contributed by atoms with E-state index in [9.17, 15) is 18.4 Å². The fourth-order valence-electron chi connectivity index (χ4n) is 3.36. The molecule has 0 bridgehead atoms. The largest absolute Gasteiger partial charge is 0.125 e. The first-order chi connectivity index (χ1) is 18.4. The van der Waals surface area contributed by atoms with E-state index in [1.165, 1.54) is 42.7 Å². The van der Waals surface area contributed by atoms with Crippen molar-refractivity contribution in [3.05, 3.63) is 99.6 Å². The third-order valence-electron chi connectivity index (χ3n) is 5.18. The van der Waals surface area contributed by atoms with Gasteiger partial charge in [0.25, 0.3) is 0 Å². The molecule has 15 heteroatoms. The van der Waals surface area contributed by atoms with Crippen LogP contribution in [0.4, 0.5) is 20.3 Å². The molecule has 4 rings (SSSR count). The molecule has 0 saturated carbocycles. The molecule has 11 nitrogen and oxygen atoms in total. The third-order valence-corrected chi connectivity index (χ3v) is 6.07. The second-order valence-corrected chi connectivity index (χ2v) is 9.81. The van der Waals surface area contributed by atoms with E-state index in [2.05, 4.69) is 14.8 Å². The standard InChI is InChI=1S/C24H20ClF2N4O7P/c25-21-20(7-8-29-23(21)28)38-19-6-5-15(9-18(19)27)30-24(33)17-11-31(12-37-39(34,35)36)10-16(22(17)32)13-1-3-14(26)4-2-13/h1-11,34-36,39H,12H2,(H2,28,29)(H,30,33). The third kappa shape index (κ3) is 6.92. The van der Waals surface area contributed by atoms with Crippen molar-refractivity contribution >= 4 is 37.2 Å². The Labute approximate surface area is 224 Å². The van der Waals surface area contributed by atoms with E-state index in [0.29, 0.717) is 0 Å². The van der Waals surface area contributed by atoms with Crippen LogP contribution in [0.3, 0.4) is 0 Å². The molecule has 6 N–H and O–H groups in total. The van der Waals surface area contributed by atoms with E-state index in [1.54, 1.807) is 0 Å². The Morgan fingerprint density at radius 1 is 1.08 bits per heavy atom. The molecule has 0 aliphatic rings. The molecule has 0 fully saturated rings. The molecule has 2 aromatic heterocycles. The van der Waals surface area contributed by atoms with E-state index in [1.807, 2.05) is 0 Å². The molecule has 0 aliphatic carbocycles. The normalized spacial score (nSPS) is 11.7. The van der Waals surface area contributed by atoms with Gasteiger partial charge in [0.05, 0.1) is 0 Å². The first-order valence-electron chi connectivity index (χ1n) is 10.9. The second-order valence-electron chi connectivity index (χ2n) is 7.99. The minimum atomic E-state index is -4.93. The van der Waals surface area contributed by atoms with Gasteiger partial charge < -0.3 is 5.73 Å². The van der Waals surface area contributed by atoms with Gasteiger partial charge in [0.1, 0.15) is 10.8 Å². The van der Waals surface area contributed by atoms with E-state index in [4.69, 9.17) is 36.8 Å². The summed E-state index contributed by atoms with van der Waals surface area (Å²) < 4.78 is 39.3. The van der Waals surface area contributed by atoms with Crippen molar-refractivity contribution in [3.63, 3.8) is 0 Å². The van der Waals surface area contributed by atoms with Gasteiger partial charge in [-0.25, -0.2) is 4.98 Å². The maximum atomic E-state index is 14.7. The summed E-state index contributed by atoms with van der Waals surface area (Å²) >= 11 is 6.01. The van der Waals surface area contributed by atoms with Crippen LogP contribution >= 0.6 is 19.8 Å². The molecule has 2 aromatic carbocycles. The summed E-state index contributed by atoms with van der Waals surface area (Å²) in [5.74, 6) is -2.57. The molecule has 1 amide bonds. The molecule has 0 saturated heterocycles. The number of aromatic nitrogens is 2. The topological polar surface area (TPSA) is 169 Å². The predicted molar refractivity (Wildman–Crippen MR) is 140 cm³/mol. The van der Waals surface area contributed by atoms with Crippen LogP contribution in [0.1, 0.15) is 10.4 Å². The zero-order valence-electron chi connectivity index (χ0n) is 19.6. The van der Waals surface area contributed by atoms with Crippen LogP contribution < -0.4 is 21.2 Å². The first-order valence-corrected chi connectivity index (χ1v) is 13.0. The molecule has 0 aliphatic heterocycles. The number of anilines is 2. The first kappa shape index (κ1) is 28.0. The number of amides is 1. The number of rotatable bonds is 8. The average Bonchev–Trinajstić information content (AvgIpc) is 2.87. The minimum absolute atomic E-state index is 0.0117. The molecule has 0 unspecified atom stereocenters. The molecule has 204 valence electrons. The van der Waals surface area contributed by atoms with Gasteiger partial charge in [-0.05, 0) is 0 Å². The van der Waals surface area contributed by atoms with Crippen molar-refractivity contribution in [2.24, 2.45) is 0 Å². The zero-order valence-corrected chi connectivity index (χ0v) is 21.4. The summed E-state index contributed by atoms with van der Waals surface area (Å²) in [6, 6.07) is 9.67. The number of carbonyl (C=O) groups excluding carboxylic acids is 1. The molecule has 4 aromatic rings. The summed E-state index contributed by atoms with van der Waals surface area (Å²) in [6.45, 7) is -0.646. The number of nitrogens with two attached hydrogens (primary N) is 1. The van der Waals surface area contributed by atoms with Crippen molar-refractivity contribution < 1.29 is 37.5 Å². The van der Waals surface area contributed by atoms with E-state index in [0.717, 1.165) is 29.0 Å². The van der Waals surface area contributed by atoms with Crippen LogP contribution in [0.15, 0.2) is 71.9 Å². The van der Waals surface area contributed by atoms with Crippen molar-refractivity contribution in [2.45, 2.75) is 6.73 Å². The number of nitrogens with one attached hydrogen (secondary N) is 1. The molecule has 39 heavy (non-hydrogen) atoms. The Morgan fingerprint density at radius 2 is 1.79 bits per heavy atom. The smallest absolute Gasteiger partial charge is 0.0762 e. The van der Waals surface area contributed by atoms with E-state index < -0.39 is 43.4 Å². The van der Waals surface area contributed by atoms with Gasteiger partial charge in [-0.2, -0.15) is 0 Å². The Kier molecular flexibility index (Phi) is 8.21. The fourth-order valence-corrected chi connectivity index (χ4v) is 3.83. The summed E-state index contributed by atoms with van der Waals surface area (Å²) in [5, 5.41) is 2.38. The summed E-state index contributed by atoms with van der Waals surface area (Å²) in [4.78, 5) is 57.5. The fraction of sp³-hybridized carbons (Fsp3) is 0.0417. The van der Waals surface area contributed by atoms with Gasteiger partial charge in [0.2, 0.25) is 0 Å². The summed E-state index contributed by atoms with van der Waals surface area (Å²) in [7, 11) is -4.93. The van der Waals surface area contributed by atoms with E-state index >= 15 is 0 Å². The predicted octanol–water partition coefficient (Wildman–Crippen LogP) is 3.83. The Bertz CT molecular complexity index is 1600. The Balaban J connectivity index is 1.63. The molecule has 0 spiro atoms. The molecule has 0 atom stereocenters. The zero-order chi connectivity index (χ0) is 28.3. The van der Waals surface area contributed by atoms with Crippen molar-refractivity contribution in [2.75, 3.05) is 11.1 Å². The van der Waals surface area contributed by atoms with Gasteiger partial charge in [-0.15, -0.1) is 0 Å². The summed E-state index contributed by atoms with van der Waals surface area (Å²) in [6.07, 6.45) is 3.58. The monoisotopic (exact) mass is 580 g/mol. The van der Waals surface area contributed by atoms with Gasteiger partial charge >= 0.3 is 173 Å². The number of hydrogen-bond donors (Lipinski definition) is 5. The maximum Gasteiger partial charge on any atom is 0.125 e. The minimum Gasteiger partial charge on any atom is -0.0762 e. The van der Waals surface area contributed by atoms with Crippen molar-refractivity contribution in [1.82, 2.24) is 9.55 Å². The quantitative estimate of drug-likeness (QED) is 0.194. The van der Waals surface area contributed by atoms with E-state index in [-0.39, 0.29) is 39.2 Å². The Morgan fingerprint density at radius 3 is 2.46 bits per heavy atom. The van der Waals surface area contributed by atoms with Crippen LogP contribution in [-0.4, -0.2) is 30.1 Å². The van der Waals surface area contributed by atoms with Crippen LogP contribution in [0.5, 0.6) is 11.5 Å². The van der Waals surface area contributed by atoms with Crippen LogP contribution in [0.2, 0.25) is 5.02 Å². The van der Waals surface area contributed by atoms with Crippen molar-refractivity contribution in [3.8, 4) is 22.6 Å². The number of pyridine rings is 2. The van der Waals surface area contributed by atoms with Crippen molar-refractivity contribution in [1.29, 1.82) is 0 Å².